The van der Waals surface area contributed by atoms with Crippen LogP contribution in [0.3, 0.4) is 0 Å². The standard InChI is InChI=1S/C23H30N6O4/c1-3-17-15(12-24-22(30)18-6-5-7-19(27-18)23(31)32)20(26-14-8-10-33-11-9-14)16-13-25-29(4-2)21(16)28-17/h5,7,13-14,18H,3-4,6,8-12H2,1-2H3,(H,24,30)(H,26,28)(H,31,32). The van der Waals surface area contributed by atoms with Crippen LogP contribution in [0.5, 0.6) is 0 Å². The van der Waals surface area contributed by atoms with Gasteiger partial charge in [-0.3, -0.25) is 9.79 Å². The molecule has 1 fully saturated rings. The number of carbonyl (C=O) groups is 2. The largest absolute Gasteiger partial charge is 0.477 e. The van der Waals surface area contributed by atoms with Crippen molar-refractivity contribution in [3.8, 4) is 0 Å². The molecule has 33 heavy (non-hydrogen) atoms. The summed E-state index contributed by atoms with van der Waals surface area (Å²) in [5.74, 6) is -1.44. The van der Waals surface area contributed by atoms with Crippen LogP contribution in [0.4, 0.5) is 5.69 Å². The number of carbonyl (C=O) groups excluding carboxylic acids is 1. The van der Waals surface area contributed by atoms with Gasteiger partial charge in [0.05, 0.1) is 17.3 Å². The quantitative estimate of drug-likeness (QED) is 0.556. The van der Waals surface area contributed by atoms with E-state index in [9.17, 15) is 14.7 Å². The van der Waals surface area contributed by atoms with Crippen LogP contribution in [0.1, 0.15) is 44.4 Å². The number of nitrogens with zero attached hydrogens (tertiary/aromatic N) is 4. The van der Waals surface area contributed by atoms with E-state index >= 15 is 0 Å². The van der Waals surface area contributed by atoms with E-state index in [4.69, 9.17) is 9.72 Å². The third kappa shape index (κ3) is 4.90. The van der Waals surface area contributed by atoms with Gasteiger partial charge in [-0.25, -0.2) is 14.5 Å². The van der Waals surface area contributed by atoms with E-state index in [2.05, 4.69) is 20.7 Å². The Hall–Kier alpha value is -3.27. The molecule has 2 aliphatic heterocycles. The summed E-state index contributed by atoms with van der Waals surface area (Å²) in [7, 11) is 0. The minimum Gasteiger partial charge on any atom is -0.477 e. The number of aromatic nitrogens is 3. The molecule has 176 valence electrons. The molecular weight excluding hydrogens is 424 g/mol. The van der Waals surface area contributed by atoms with Crippen molar-refractivity contribution in [3.63, 3.8) is 0 Å². The summed E-state index contributed by atoms with van der Waals surface area (Å²) in [6.45, 7) is 6.49. The topological polar surface area (TPSA) is 131 Å². The predicted octanol–water partition coefficient (Wildman–Crippen LogP) is 2.07. The molecule has 2 aromatic rings. The smallest absolute Gasteiger partial charge is 0.354 e. The Labute approximate surface area is 192 Å². The highest BCUT2D eigenvalue weighted by molar-refractivity contribution is 6.40. The predicted molar refractivity (Wildman–Crippen MR) is 125 cm³/mol. The van der Waals surface area contributed by atoms with E-state index in [1.54, 1.807) is 6.08 Å². The Bertz CT molecular complexity index is 1100. The summed E-state index contributed by atoms with van der Waals surface area (Å²) in [6.07, 6.45) is 7.81. The molecule has 0 saturated carbocycles. The van der Waals surface area contributed by atoms with Crippen LogP contribution in [0.2, 0.25) is 0 Å². The van der Waals surface area contributed by atoms with Crippen LogP contribution in [0.15, 0.2) is 23.3 Å². The molecule has 2 aliphatic rings. The first-order chi connectivity index (χ1) is 16.0. The van der Waals surface area contributed by atoms with Crippen LogP contribution in [-0.4, -0.2) is 62.8 Å². The SMILES string of the molecule is CCc1nc2c(cnn2CC)c(NC2CCOCC2)c1CNC(=O)C1CC=CC(C(=O)O)=N1. The average molecular weight is 455 g/mol. The Kier molecular flexibility index (Phi) is 7.02. The van der Waals surface area contributed by atoms with Gasteiger partial charge in [-0.05, 0) is 38.7 Å². The molecule has 10 nitrogen and oxygen atoms in total. The first-order valence-electron chi connectivity index (χ1n) is 11.5. The van der Waals surface area contributed by atoms with Gasteiger partial charge in [0, 0.05) is 43.6 Å². The zero-order valence-electron chi connectivity index (χ0n) is 19.0. The lowest BCUT2D eigenvalue weighted by Crippen LogP contribution is -2.36. The lowest BCUT2D eigenvalue weighted by atomic mass is 10.0. The average Bonchev–Trinajstić information content (AvgIpc) is 3.26. The van der Waals surface area contributed by atoms with Gasteiger partial charge in [-0.2, -0.15) is 5.10 Å². The first kappa shape index (κ1) is 22.9. The third-order valence-electron chi connectivity index (χ3n) is 6.07. The van der Waals surface area contributed by atoms with Crippen LogP contribution in [-0.2, 0) is 33.8 Å². The number of carboxylic acid groups (broad SMARTS) is 1. The van der Waals surface area contributed by atoms with Crippen LogP contribution in [0, 0.1) is 0 Å². The number of hydrogen-bond acceptors (Lipinski definition) is 7. The molecule has 0 aromatic carbocycles. The van der Waals surface area contributed by atoms with Crippen LogP contribution in [0.25, 0.3) is 11.0 Å². The number of pyridine rings is 1. The number of aliphatic carboxylic acids is 1. The number of nitrogens with one attached hydrogen (secondary N) is 2. The minimum atomic E-state index is -1.14. The normalized spacial score (nSPS) is 18.8. The monoisotopic (exact) mass is 454 g/mol. The fraction of sp³-hybridized carbons (Fsp3) is 0.522. The van der Waals surface area contributed by atoms with E-state index in [1.165, 1.54) is 6.08 Å². The second-order valence-electron chi connectivity index (χ2n) is 8.19. The number of aliphatic imine (C=N–C) groups is 1. The van der Waals surface area contributed by atoms with Crippen molar-refractivity contribution in [2.75, 3.05) is 18.5 Å². The number of aryl methyl sites for hydroxylation is 2. The fourth-order valence-corrected chi connectivity index (χ4v) is 4.26. The summed E-state index contributed by atoms with van der Waals surface area (Å²) in [4.78, 5) is 33.0. The zero-order chi connectivity index (χ0) is 23.4. The van der Waals surface area contributed by atoms with E-state index in [0.29, 0.717) is 32.6 Å². The number of fused-ring (bicyclic) bond motifs is 1. The van der Waals surface area contributed by atoms with Crippen molar-refractivity contribution in [1.29, 1.82) is 0 Å². The number of hydrogen-bond donors (Lipinski definition) is 3. The molecule has 0 spiro atoms. The second kappa shape index (κ2) is 10.1. The fourth-order valence-electron chi connectivity index (χ4n) is 4.26. The van der Waals surface area contributed by atoms with Gasteiger partial charge in [0.2, 0.25) is 5.91 Å². The molecule has 0 radical (unpaired) electrons. The molecule has 1 amide bonds. The van der Waals surface area contributed by atoms with Gasteiger partial charge in [0.25, 0.3) is 0 Å². The third-order valence-corrected chi connectivity index (χ3v) is 6.07. The summed E-state index contributed by atoms with van der Waals surface area (Å²) < 4.78 is 7.39. The highest BCUT2D eigenvalue weighted by Crippen LogP contribution is 2.31. The molecule has 10 heteroatoms. The lowest BCUT2D eigenvalue weighted by Gasteiger charge is -2.27. The van der Waals surface area contributed by atoms with Gasteiger partial charge in [-0.1, -0.05) is 13.0 Å². The van der Waals surface area contributed by atoms with Gasteiger partial charge >= 0.3 is 5.97 Å². The van der Waals surface area contributed by atoms with Crippen molar-refractivity contribution in [3.05, 3.63) is 29.6 Å². The van der Waals surface area contributed by atoms with Crippen molar-refractivity contribution < 1.29 is 19.4 Å². The molecule has 3 N–H and O–H groups in total. The molecule has 1 unspecified atom stereocenters. The Balaban J connectivity index is 1.64. The highest BCUT2D eigenvalue weighted by atomic mass is 16.5. The van der Waals surface area contributed by atoms with Crippen molar-refractivity contribution in [1.82, 2.24) is 20.1 Å². The molecule has 4 heterocycles. The maximum Gasteiger partial charge on any atom is 0.354 e. The number of carboxylic acids is 1. The maximum atomic E-state index is 12.8. The van der Waals surface area contributed by atoms with E-state index in [-0.39, 0.29) is 24.2 Å². The molecule has 1 saturated heterocycles. The minimum absolute atomic E-state index is 0.104. The number of amides is 1. The van der Waals surface area contributed by atoms with Gasteiger partial charge in [-0.15, -0.1) is 0 Å². The molecule has 0 aliphatic carbocycles. The molecular formula is C23H30N6O4. The van der Waals surface area contributed by atoms with Crippen molar-refractivity contribution >= 4 is 34.3 Å². The number of rotatable bonds is 8. The van der Waals surface area contributed by atoms with E-state index in [0.717, 1.165) is 40.8 Å². The van der Waals surface area contributed by atoms with Gasteiger partial charge < -0.3 is 20.5 Å². The number of dihydropyridines is 1. The van der Waals surface area contributed by atoms with Crippen molar-refractivity contribution in [2.45, 2.75) is 64.7 Å². The molecule has 2 aromatic heterocycles. The van der Waals surface area contributed by atoms with Crippen molar-refractivity contribution in [2.24, 2.45) is 4.99 Å². The Morgan fingerprint density at radius 1 is 1.27 bits per heavy atom. The highest BCUT2D eigenvalue weighted by Gasteiger charge is 2.25. The van der Waals surface area contributed by atoms with Gasteiger partial charge in [0.15, 0.2) is 5.65 Å². The zero-order valence-corrected chi connectivity index (χ0v) is 19.0. The molecule has 0 bridgehead atoms. The summed E-state index contributed by atoms with van der Waals surface area (Å²) in [5, 5.41) is 21.3. The van der Waals surface area contributed by atoms with Crippen LogP contribution >= 0.6 is 0 Å². The lowest BCUT2D eigenvalue weighted by molar-refractivity contribution is -0.129. The van der Waals surface area contributed by atoms with Gasteiger partial charge in [0.1, 0.15) is 11.8 Å². The summed E-state index contributed by atoms with van der Waals surface area (Å²) in [5.41, 5.74) is 3.49. The Morgan fingerprint density at radius 3 is 2.76 bits per heavy atom. The van der Waals surface area contributed by atoms with E-state index < -0.39 is 12.0 Å². The maximum absolute atomic E-state index is 12.8. The van der Waals surface area contributed by atoms with E-state index in [1.807, 2.05) is 24.7 Å². The molecule has 4 rings (SSSR count). The number of ether oxygens (including phenoxy) is 1. The number of anilines is 1. The first-order valence-corrected chi connectivity index (χ1v) is 11.5. The Morgan fingerprint density at radius 2 is 2.06 bits per heavy atom. The summed E-state index contributed by atoms with van der Waals surface area (Å²) in [6, 6.07) is -0.489. The second-order valence-corrected chi connectivity index (χ2v) is 8.19. The summed E-state index contributed by atoms with van der Waals surface area (Å²) >= 11 is 0. The van der Waals surface area contributed by atoms with Crippen LogP contribution < -0.4 is 10.6 Å². The molecule has 1 atom stereocenters.